The van der Waals surface area contributed by atoms with Crippen LogP contribution in [0.2, 0.25) is 0 Å². The Labute approximate surface area is 174 Å². The van der Waals surface area contributed by atoms with Crippen molar-refractivity contribution in [3.05, 3.63) is 23.9 Å². The number of nitrogens with zero attached hydrogens (tertiary/aromatic N) is 3. The van der Waals surface area contributed by atoms with Crippen molar-refractivity contribution in [3.63, 3.8) is 0 Å². The molecule has 2 heterocycles. The number of alkyl halides is 3. The zero-order chi connectivity index (χ0) is 21.7. The second-order valence-electron chi connectivity index (χ2n) is 7.90. The van der Waals surface area contributed by atoms with Gasteiger partial charge in [0.1, 0.15) is 5.82 Å². The van der Waals surface area contributed by atoms with Crippen molar-refractivity contribution in [1.82, 2.24) is 20.5 Å². The maximum atomic E-state index is 12.7. The van der Waals surface area contributed by atoms with E-state index in [9.17, 15) is 22.8 Å². The number of hydrogen-bond donors (Lipinski definition) is 2. The molecule has 3 rings (SSSR count). The second kappa shape index (κ2) is 9.63. The predicted molar refractivity (Wildman–Crippen MR) is 106 cm³/mol. The number of pyridine rings is 1. The number of hydrogen-bond acceptors (Lipinski definition) is 5. The number of rotatable bonds is 4. The number of imide groups is 1. The van der Waals surface area contributed by atoms with Gasteiger partial charge in [-0.2, -0.15) is 13.2 Å². The van der Waals surface area contributed by atoms with Gasteiger partial charge in [0, 0.05) is 38.4 Å². The molecule has 1 aliphatic heterocycles. The van der Waals surface area contributed by atoms with E-state index in [-0.39, 0.29) is 11.9 Å². The molecule has 1 aromatic rings. The number of carbonyl (C=O) groups is 2. The van der Waals surface area contributed by atoms with Crippen LogP contribution < -0.4 is 15.5 Å². The molecule has 1 saturated heterocycles. The molecular weight excluding hydrogens is 399 g/mol. The first-order chi connectivity index (χ1) is 14.2. The normalized spacial score (nSPS) is 19.9. The Hall–Kier alpha value is -2.36. The summed E-state index contributed by atoms with van der Waals surface area (Å²) in [6, 6.07) is 1.58. The lowest BCUT2D eigenvalue weighted by Gasteiger charge is -2.38. The fourth-order valence-electron chi connectivity index (χ4n) is 3.93. The number of nitrogens with one attached hydrogen (secondary N) is 2. The van der Waals surface area contributed by atoms with Gasteiger partial charge in [-0.25, -0.2) is 9.78 Å². The molecule has 1 atom stereocenters. The minimum Gasteiger partial charge on any atom is -0.354 e. The van der Waals surface area contributed by atoms with Crippen LogP contribution in [0.4, 0.5) is 23.8 Å². The number of amides is 3. The highest BCUT2D eigenvalue weighted by molar-refractivity contribution is 5.96. The van der Waals surface area contributed by atoms with Crippen LogP contribution in [0.5, 0.6) is 0 Å². The summed E-state index contributed by atoms with van der Waals surface area (Å²) in [5, 5.41) is 5.29. The van der Waals surface area contributed by atoms with Crippen molar-refractivity contribution in [3.8, 4) is 0 Å². The minimum atomic E-state index is -4.41. The van der Waals surface area contributed by atoms with E-state index in [1.165, 1.54) is 12.5 Å². The van der Waals surface area contributed by atoms with Crippen LogP contribution in [-0.4, -0.2) is 60.1 Å². The van der Waals surface area contributed by atoms with E-state index in [0.29, 0.717) is 32.0 Å². The molecule has 2 fully saturated rings. The molecule has 0 bridgehead atoms. The van der Waals surface area contributed by atoms with Gasteiger partial charge in [-0.1, -0.05) is 19.3 Å². The maximum absolute atomic E-state index is 12.7. The molecule has 1 aromatic heterocycles. The molecule has 0 radical (unpaired) electrons. The SMILES string of the molecule is C[C@H](C(=O)NC(=O)NC1CCCCC1)N1CCN(c2ccc(C(F)(F)F)cn2)CC1. The molecule has 2 aliphatic rings. The van der Waals surface area contributed by atoms with Crippen LogP contribution >= 0.6 is 0 Å². The molecular formula is C20H28F3N5O2. The molecule has 0 unspecified atom stereocenters. The number of halogens is 3. The first-order valence-electron chi connectivity index (χ1n) is 10.4. The summed E-state index contributed by atoms with van der Waals surface area (Å²) in [6.45, 7) is 3.90. The summed E-state index contributed by atoms with van der Waals surface area (Å²) in [7, 11) is 0. The van der Waals surface area contributed by atoms with E-state index < -0.39 is 23.8 Å². The Morgan fingerprint density at radius 1 is 1.10 bits per heavy atom. The van der Waals surface area contributed by atoms with Crippen molar-refractivity contribution in [2.24, 2.45) is 0 Å². The van der Waals surface area contributed by atoms with Gasteiger partial charge in [0.15, 0.2) is 0 Å². The first kappa shape index (κ1) is 22.3. The number of aromatic nitrogens is 1. The molecule has 166 valence electrons. The average molecular weight is 427 g/mol. The molecule has 3 amide bonds. The van der Waals surface area contributed by atoms with E-state index in [4.69, 9.17) is 0 Å². The number of carbonyl (C=O) groups excluding carboxylic acids is 2. The fourth-order valence-corrected chi connectivity index (χ4v) is 3.93. The third-order valence-corrected chi connectivity index (χ3v) is 5.82. The molecule has 10 heteroatoms. The van der Waals surface area contributed by atoms with Crippen LogP contribution in [0.25, 0.3) is 0 Å². The Balaban J connectivity index is 1.45. The van der Waals surface area contributed by atoms with Gasteiger partial charge in [0.05, 0.1) is 11.6 Å². The molecule has 0 aromatic carbocycles. The predicted octanol–water partition coefficient (Wildman–Crippen LogP) is 2.77. The van der Waals surface area contributed by atoms with Gasteiger partial charge in [-0.05, 0) is 31.9 Å². The van der Waals surface area contributed by atoms with Crippen molar-refractivity contribution in [2.45, 2.75) is 57.3 Å². The average Bonchev–Trinajstić information content (AvgIpc) is 2.73. The van der Waals surface area contributed by atoms with Crippen molar-refractivity contribution in [1.29, 1.82) is 0 Å². The van der Waals surface area contributed by atoms with E-state index in [1.54, 1.807) is 6.92 Å². The summed E-state index contributed by atoms with van der Waals surface area (Å²) >= 11 is 0. The van der Waals surface area contributed by atoms with Gasteiger partial charge < -0.3 is 10.2 Å². The second-order valence-corrected chi connectivity index (χ2v) is 7.90. The molecule has 0 spiro atoms. The summed E-state index contributed by atoms with van der Waals surface area (Å²) in [4.78, 5) is 32.3. The standard InChI is InChI=1S/C20H28F3N5O2/c1-14(18(29)26-19(30)25-16-5-3-2-4-6-16)27-9-11-28(12-10-27)17-8-7-15(13-24-17)20(21,22)23/h7-8,13-14,16H,2-6,9-12H2,1H3,(H2,25,26,29,30)/t14-/m1/s1. The Morgan fingerprint density at radius 2 is 1.77 bits per heavy atom. The van der Waals surface area contributed by atoms with Gasteiger partial charge in [-0.3, -0.25) is 15.0 Å². The highest BCUT2D eigenvalue weighted by atomic mass is 19.4. The molecule has 7 nitrogen and oxygen atoms in total. The largest absolute Gasteiger partial charge is 0.417 e. The van der Waals surface area contributed by atoms with Crippen LogP contribution in [-0.2, 0) is 11.0 Å². The molecule has 1 saturated carbocycles. The van der Waals surface area contributed by atoms with Crippen molar-refractivity contribution < 1.29 is 22.8 Å². The molecule has 1 aliphatic carbocycles. The highest BCUT2D eigenvalue weighted by Gasteiger charge is 2.31. The van der Waals surface area contributed by atoms with E-state index in [2.05, 4.69) is 15.6 Å². The van der Waals surface area contributed by atoms with Gasteiger partial charge in [0.25, 0.3) is 0 Å². The van der Waals surface area contributed by atoms with E-state index in [0.717, 1.165) is 37.9 Å². The Morgan fingerprint density at radius 3 is 2.33 bits per heavy atom. The highest BCUT2D eigenvalue weighted by Crippen LogP contribution is 2.29. The Bertz CT molecular complexity index is 727. The third-order valence-electron chi connectivity index (χ3n) is 5.82. The maximum Gasteiger partial charge on any atom is 0.417 e. The minimum absolute atomic E-state index is 0.127. The van der Waals surface area contributed by atoms with Crippen LogP contribution in [0.15, 0.2) is 18.3 Å². The summed E-state index contributed by atoms with van der Waals surface area (Å²) in [5.74, 6) is 0.121. The zero-order valence-corrected chi connectivity index (χ0v) is 17.0. The Kier molecular flexibility index (Phi) is 7.17. The third kappa shape index (κ3) is 5.84. The number of piperazine rings is 1. The van der Waals surface area contributed by atoms with Crippen molar-refractivity contribution >= 4 is 17.8 Å². The van der Waals surface area contributed by atoms with Gasteiger partial charge in [-0.15, -0.1) is 0 Å². The van der Waals surface area contributed by atoms with Crippen LogP contribution in [0.3, 0.4) is 0 Å². The van der Waals surface area contributed by atoms with E-state index in [1.807, 2.05) is 9.80 Å². The molecule has 2 N–H and O–H groups in total. The number of anilines is 1. The summed E-state index contributed by atoms with van der Waals surface area (Å²) in [6.07, 6.45) is 1.68. The monoisotopic (exact) mass is 427 g/mol. The zero-order valence-electron chi connectivity index (χ0n) is 17.0. The number of urea groups is 1. The van der Waals surface area contributed by atoms with Gasteiger partial charge >= 0.3 is 12.2 Å². The van der Waals surface area contributed by atoms with Crippen LogP contribution in [0.1, 0.15) is 44.6 Å². The lowest BCUT2D eigenvalue weighted by molar-refractivity contribution is -0.137. The lowest BCUT2D eigenvalue weighted by Crippen LogP contribution is -2.56. The quantitative estimate of drug-likeness (QED) is 0.773. The summed E-state index contributed by atoms with van der Waals surface area (Å²) in [5.41, 5.74) is -0.776. The lowest BCUT2D eigenvalue weighted by atomic mass is 9.96. The molecule has 30 heavy (non-hydrogen) atoms. The van der Waals surface area contributed by atoms with E-state index >= 15 is 0 Å². The smallest absolute Gasteiger partial charge is 0.354 e. The fraction of sp³-hybridized carbons (Fsp3) is 0.650. The van der Waals surface area contributed by atoms with Crippen molar-refractivity contribution in [2.75, 3.05) is 31.1 Å². The summed E-state index contributed by atoms with van der Waals surface area (Å²) < 4.78 is 38.0. The first-order valence-corrected chi connectivity index (χ1v) is 10.4. The van der Waals surface area contributed by atoms with Gasteiger partial charge in [0.2, 0.25) is 5.91 Å². The van der Waals surface area contributed by atoms with Crippen LogP contribution in [0, 0.1) is 0 Å². The topological polar surface area (TPSA) is 77.6 Å².